The number of unbranched alkanes of at least 4 members (excludes halogenated alkanes) is 1. The maximum Gasteiger partial charge on any atom is 0.308 e. The number of carbonyl (C=O) groups excluding carboxylic acids is 1. The molecule has 0 bridgehead atoms. The van der Waals surface area contributed by atoms with Gasteiger partial charge in [0.15, 0.2) is 0 Å². The Morgan fingerprint density at radius 3 is 1.21 bits per heavy atom. The molecule has 0 saturated heterocycles. The molecule has 0 aromatic rings. The second-order valence-electron chi connectivity index (χ2n) is 8.42. The van der Waals surface area contributed by atoms with Gasteiger partial charge >= 0.3 is 5.97 Å². The summed E-state index contributed by atoms with van der Waals surface area (Å²) < 4.78 is 48.7. The Hall–Kier alpha value is -0.890. The van der Waals surface area contributed by atoms with Crippen LogP contribution >= 0.6 is 0 Å². The molecule has 1 unspecified atom stereocenters. The Bertz CT molecular complexity index is 473. The summed E-state index contributed by atoms with van der Waals surface area (Å²) in [5.41, 5.74) is 0. The SMILES string of the molecule is CCCCC(CC)C(=O)OCCOCCOCCOCCOCCOCCOCCOCCOCCNC. The van der Waals surface area contributed by atoms with E-state index in [0.717, 1.165) is 32.2 Å². The molecule has 1 atom stereocenters. The van der Waals surface area contributed by atoms with Gasteiger partial charge in [0, 0.05) is 6.54 Å². The second kappa shape index (κ2) is 32.3. The van der Waals surface area contributed by atoms with Gasteiger partial charge in [-0.15, -0.1) is 0 Å². The van der Waals surface area contributed by atoms with Gasteiger partial charge in [0.05, 0.1) is 112 Å². The highest BCUT2D eigenvalue weighted by molar-refractivity contribution is 5.72. The van der Waals surface area contributed by atoms with Crippen LogP contribution in [0.2, 0.25) is 0 Å². The molecule has 11 heteroatoms. The summed E-state index contributed by atoms with van der Waals surface area (Å²) in [5.74, 6) is -0.113. The molecule has 0 radical (unpaired) electrons. The summed E-state index contributed by atoms with van der Waals surface area (Å²) >= 11 is 0. The minimum atomic E-state index is -0.116. The first kappa shape index (κ1) is 37.1. The molecule has 38 heavy (non-hydrogen) atoms. The van der Waals surface area contributed by atoms with Crippen molar-refractivity contribution in [1.82, 2.24) is 5.32 Å². The van der Waals surface area contributed by atoms with Crippen LogP contribution in [0.4, 0.5) is 0 Å². The number of carbonyl (C=O) groups is 1. The molecule has 0 amide bonds. The standard InChI is InChI=1S/C27H55NO10/c1-4-6-7-26(5-2)27(29)38-25-24-37-23-22-36-21-20-35-19-18-34-17-16-33-15-14-32-13-12-31-11-10-30-9-8-28-3/h26,28H,4-25H2,1-3H3. The molecule has 1 N–H and O–H groups in total. The minimum absolute atomic E-state index is 0.00303. The number of hydrogen-bond acceptors (Lipinski definition) is 11. The fourth-order valence-corrected chi connectivity index (χ4v) is 3.07. The molecule has 0 aromatic carbocycles. The molecule has 0 heterocycles. The van der Waals surface area contributed by atoms with Gasteiger partial charge in [0.2, 0.25) is 0 Å². The van der Waals surface area contributed by atoms with Crippen molar-refractivity contribution in [3.05, 3.63) is 0 Å². The number of nitrogens with one attached hydrogen (secondary N) is 1. The van der Waals surface area contributed by atoms with Gasteiger partial charge in [-0.2, -0.15) is 0 Å². The highest BCUT2D eigenvalue weighted by atomic mass is 16.6. The van der Waals surface area contributed by atoms with Crippen LogP contribution in [0, 0.1) is 5.92 Å². The van der Waals surface area contributed by atoms with Crippen LogP contribution in [0.1, 0.15) is 39.5 Å². The first-order valence-corrected chi connectivity index (χ1v) is 14.2. The lowest BCUT2D eigenvalue weighted by atomic mass is 10.00. The van der Waals surface area contributed by atoms with Crippen molar-refractivity contribution in [3.63, 3.8) is 0 Å². The molecule has 0 aromatic heterocycles. The van der Waals surface area contributed by atoms with E-state index in [1.54, 1.807) is 0 Å². The van der Waals surface area contributed by atoms with Crippen LogP contribution in [0.3, 0.4) is 0 Å². The fourth-order valence-electron chi connectivity index (χ4n) is 3.07. The van der Waals surface area contributed by atoms with Crippen LogP contribution in [0.5, 0.6) is 0 Å². The molecule has 0 aliphatic rings. The monoisotopic (exact) mass is 553 g/mol. The molecule has 0 spiro atoms. The number of likely N-dealkylation sites (N-methyl/N-ethyl adjacent to an activating group) is 1. The predicted octanol–water partition coefficient (Wildman–Crippen LogP) is 2.10. The van der Waals surface area contributed by atoms with Gasteiger partial charge in [-0.1, -0.05) is 26.7 Å². The maximum absolute atomic E-state index is 12.0. The molecule has 0 saturated carbocycles. The van der Waals surface area contributed by atoms with Crippen molar-refractivity contribution in [3.8, 4) is 0 Å². The Morgan fingerprint density at radius 2 is 0.895 bits per heavy atom. The molecule has 228 valence electrons. The summed E-state index contributed by atoms with van der Waals surface area (Å²) in [7, 11) is 1.89. The zero-order valence-electron chi connectivity index (χ0n) is 24.2. The van der Waals surface area contributed by atoms with Crippen LogP contribution < -0.4 is 5.32 Å². The molecule has 0 rings (SSSR count). The largest absolute Gasteiger partial charge is 0.463 e. The molecular formula is C27H55NO10. The zero-order chi connectivity index (χ0) is 27.8. The second-order valence-corrected chi connectivity index (χ2v) is 8.42. The third kappa shape index (κ3) is 28.1. The van der Waals surface area contributed by atoms with E-state index in [4.69, 9.17) is 42.6 Å². The third-order valence-electron chi connectivity index (χ3n) is 5.30. The van der Waals surface area contributed by atoms with Gasteiger partial charge in [0.1, 0.15) is 6.61 Å². The van der Waals surface area contributed by atoms with E-state index in [9.17, 15) is 4.79 Å². The molecular weight excluding hydrogens is 498 g/mol. The molecule has 0 fully saturated rings. The molecule has 0 aliphatic heterocycles. The average Bonchev–Trinajstić information content (AvgIpc) is 2.93. The van der Waals surface area contributed by atoms with E-state index in [0.29, 0.717) is 106 Å². The van der Waals surface area contributed by atoms with Crippen LogP contribution in [-0.2, 0) is 47.4 Å². The van der Waals surface area contributed by atoms with Crippen LogP contribution in [-0.4, -0.2) is 132 Å². The lowest BCUT2D eigenvalue weighted by Crippen LogP contribution is -2.20. The summed E-state index contributed by atoms with van der Waals surface area (Å²) in [6, 6.07) is 0. The van der Waals surface area contributed by atoms with Crippen LogP contribution in [0.25, 0.3) is 0 Å². The topological polar surface area (TPSA) is 112 Å². The predicted molar refractivity (Wildman–Crippen MR) is 145 cm³/mol. The first-order valence-electron chi connectivity index (χ1n) is 14.2. The maximum atomic E-state index is 12.0. The van der Waals surface area contributed by atoms with Crippen molar-refractivity contribution < 1.29 is 47.4 Å². The van der Waals surface area contributed by atoms with E-state index in [1.807, 2.05) is 14.0 Å². The van der Waals surface area contributed by atoms with E-state index in [1.165, 1.54) is 0 Å². The van der Waals surface area contributed by atoms with Crippen molar-refractivity contribution in [2.45, 2.75) is 39.5 Å². The van der Waals surface area contributed by atoms with E-state index in [2.05, 4.69) is 12.2 Å². The number of hydrogen-bond donors (Lipinski definition) is 1. The van der Waals surface area contributed by atoms with Gasteiger partial charge in [-0.25, -0.2) is 0 Å². The summed E-state index contributed by atoms with van der Waals surface area (Å²) in [6.07, 6.45) is 3.85. The smallest absolute Gasteiger partial charge is 0.308 e. The Kier molecular flexibility index (Phi) is 31.6. The summed E-state index contributed by atoms with van der Waals surface area (Å²) in [5, 5.41) is 3.02. The van der Waals surface area contributed by atoms with Crippen molar-refractivity contribution in [1.29, 1.82) is 0 Å². The van der Waals surface area contributed by atoms with Gasteiger partial charge in [-0.3, -0.25) is 4.79 Å². The Labute approximate surface area is 230 Å². The summed E-state index contributed by atoms with van der Waals surface area (Å²) in [6.45, 7) is 13.6. The average molecular weight is 554 g/mol. The first-order chi connectivity index (χ1) is 18.8. The Morgan fingerprint density at radius 1 is 0.553 bits per heavy atom. The quantitative estimate of drug-likeness (QED) is 0.0976. The zero-order valence-corrected chi connectivity index (χ0v) is 24.2. The number of rotatable bonds is 32. The van der Waals surface area contributed by atoms with Gasteiger partial charge in [-0.05, 0) is 19.9 Å². The molecule has 0 aliphatic carbocycles. The van der Waals surface area contributed by atoms with Crippen molar-refractivity contribution in [2.24, 2.45) is 5.92 Å². The number of ether oxygens (including phenoxy) is 9. The van der Waals surface area contributed by atoms with E-state index < -0.39 is 0 Å². The van der Waals surface area contributed by atoms with Gasteiger partial charge in [0.25, 0.3) is 0 Å². The molecule has 11 nitrogen and oxygen atoms in total. The number of esters is 1. The van der Waals surface area contributed by atoms with Crippen molar-refractivity contribution >= 4 is 5.97 Å². The lowest BCUT2D eigenvalue weighted by molar-refractivity contribution is -0.150. The lowest BCUT2D eigenvalue weighted by Gasteiger charge is -2.13. The van der Waals surface area contributed by atoms with E-state index in [-0.39, 0.29) is 18.5 Å². The normalized spacial score (nSPS) is 12.2. The van der Waals surface area contributed by atoms with Crippen LogP contribution in [0.15, 0.2) is 0 Å². The highest BCUT2D eigenvalue weighted by Crippen LogP contribution is 2.14. The fraction of sp³-hybridized carbons (Fsp3) is 0.963. The highest BCUT2D eigenvalue weighted by Gasteiger charge is 2.16. The third-order valence-corrected chi connectivity index (χ3v) is 5.30. The van der Waals surface area contributed by atoms with Crippen molar-refractivity contribution in [2.75, 3.05) is 126 Å². The van der Waals surface area contributed by atoms with Gasteiger partial charge < -0.3 is 47.9 Å². The van der Waals surface area contributed by atoms with E-state index >= 15 is 0 Å². The minimum Gasteiger partial charge on any atom is -0.463 e. The summed E-state index contributed by atoms with van der Waals surface area (Å²) in [4.78, 5) is 12.0. The Balaban J connectivity index is 3.16.